The molecule has 4 N–H and O–H groups in total. The first-order valence-corrected chi connectivity index (χ1v) is 12.6. The molecule has 0 aromatic rings. The number of esters is 1. The summed E-state index contributed by atoms with van der Waals surface area (Å²) in [6.07, 6.45) is 8.76. The number of unbranched alkanes of at least 4 members (excludes halogenated alkanes) is 12. The van der Waals surface area contributed by atoms with Crippen molar-refractivity contribution in [1.82, 2.24) is 0 Å². The highest BCUT2D eigenvalue weighted by Gasteiger charge is 2.41. The Morgan fingerprint density at radius 2 is 1.28 bits per heavy atom. The van der Waals surface area contributed by atoms with Crippen molar-refractivity contribution in [2.75, 3.05) is 19.8 Å². The van der Waals surface area contributed by atoms with Crippen LogP contribution in [-0.2, 0) is 19.0 Å². The normalized spacial score (nSPS) is 18.4. The fourth-order valence-electron chi connectivity index (χ4n) is 3.88. The van der Waals surface area contributed by atoms with Gasteiger partial charge in [0.2, 0.25) is 0 Å². The van der Waals surface area contributed by atoms with Gasteiger partial charge in [0.05, 0.1) is 19.8 Å². The lowest BCUT2D eigenvalue weighted by Gasteiger charge is -2.31. The van der Waals surface area contributed by atoms with Gasteiger partial charge in [-0.05, 0) is 6.42 Å². The van der Waals surface area contributed by atoms with Gasteiger partial charge >= 0.3 is 5.97 Å². The maximum absolute atomic E-state index is 12.2. The van der Waals surface area contributed by atoms with Gasteiger partial charge in [-0.3, -0.25) is 4.79 Å². The third kappa shape index (κ3) is 12.5. The zero-order valence-electron chi connectivity index (χ0n) is 19.8. The van der Waals surface area contributed by atoms with Gasteiger partial charge in [0.15, 0.2) is 12.4 Å². The summed E-state index contributed by atoms with van der Waals surface area (Å²) in [5, 5.41) is 38.8. The molecule has 32 heavy (non-hydrogen) atoms. The lowest BCUT2D eigenvalue weighted by Crippen LogP contribution is -2.52. The average Bonchev–Trinajstić information content (AvgIpc) is 3.33. The van der Waals surface area contributed by atoms with Crippen LogP contribution in [0.15, 0.2) is 0 Å². The van der Waals surface area contributed by atoms with E-state index < -0.39 is 43.3 Å². The van der Waals surface area contributed by atoms with E-state index in [4.69, 9.17) is 19.3 Å². The minimum absolute atomic E-state index is 0.201. The smallest absolute Gasteiger partial charge is 0.306 e. The summed E-state index contributed by atoms with van der Waals surface area (Å²) >= 11 is 0. The van der Waals surface area contributed by atoms with E-state index in [2.05, 4.69) is 6.92 Å². The first kappa shape index (κ1) is 29.3. The molecule has 1 aliphatic heterocycles. The second-order valence-corrected chi connectivity index (χ2v) is 8.79. The molecule has 0 radical (unpaired) electrons. The second-order valence-electron chi connectivity index (χ2n) is 8.79. The predicted octanol–water partition coefficient (Wildman–Crippen LogP) is 2.83. The summed E-state index contributed by atoms with van der Waals surface area (Å²) in [6.45, 7) is 2.07. The number of carbonyl (C=O) groups is 1. The summed E-state index contributed by atoms with van der Waals surface area (Å²) in [5.41, 5.74) is 0. The fraction of sp³-hybridized carbons (Fsp3) is 0.958. The highest BCUT2D eigenvalue weighted by Crippen LogP contribution is 2.20. The number of rotatable bonds is 20. The summed E-state index contributed by atoms with van der Waals surface area (Å²) in [4.78, 5) is 12.2. The summed E-state index contributed by atoms with van der Waals surface area (Å²) < 4.78 is 15.9. The van der Waals surface area contributed by atoms with E-state index in [1.165, 1.54) is 64.2 Å². The molecule has 0 amide bonds. The zero-order valence-corrected chi connectivity index (χ0v) is 19.8. The molecule has 0 spiro atoms. The van der Waals surface area contributed by atoms with E-state index in [9.17, 15) is 20.1 Å². The maximum atomic E-state index is 12.2. The molecule has 0 aromatic heterocycles. The molecule has 1 heterocycles. The summed E-state index contributed by atoms with van der Waals surface area (Å²) in [6, 6.07) is 0. The number of carbonyl (C=O) groups excluding carboxylic acids is 1. The molecule has 190 valence electrons. The Bertz CT molecular complexity index is 455. The number of hydrogen-bond donors (Lipinski definition) is 4. The first-order chi connectivity index (χ1) is 15.5. The van der Waals surface area contributed by atoms with Crippen molar-refractivity contribution in [3.05, 3.63) is 0 Å². The van der Waals surface area contributed by atoms with Gasteiger partial charge in [-0.25, -0.2) is 0 Å². The van der Waals surface area contributed by atoms with E-state index in [1.54, 1.807) is 0 Å². The van der Waals surface area contributed by atoms with Gasteiger partial charge in [0, 0.05) is 6.42 Å². The molecular weight excluding hydrogens is 416 g/mol. The van der Waals surface area contributed by atoms with Gasteiger partial charge in [-0.15, -0.1) is 0 Å². The van der Waals surface area contributed by atoms with Crippen molar-refractivity contribution in [1.29, 1.82) is 0 Å². The van der Waals surface area contributed by atoms with Gasteiger partial charge in [0.1, 0.15) is 18.3 Å². The molecule has 8 heteroatoms. The average molecular weight is 463 g/mol. The van der Waals surface area contributed by atoms with E-state index >= 15 is 0 Å². The molecule has 8 nitrogen and oxygen atoms in total. The molecule has 1 saturated heterocycles. The van der Waals surface area contributed by atoms with Crippen molar-refractivity contribution in [2.45, 2.75) is 128 Å². The monoisotopic (exact) mass is 462 g/mol. The van der Waals surface area contributed by atoms with E-state index in [0.717, 1.165) is 12.8 Å². The van der Waals surface area contributed by atoms with Crippen molar-refractivity contribution in [3.63, 3.8) is 0 Å². The molecule has 1 rings (SSSR count). The van der Waals surface area contributed by atoms with Crippen molar-refractivity contribution >= 4 is 5.97 Å². The Balaban J connectivity index is 2.16. The minimum Gasteiger partial charge on any atom is -0.454 e. The van der Waals surface area contributed by atoms with Crippen LogP contribution >= 0.6 is 0 Å². The molecular formula is C24H46O8. The van der Waals surface area contributed by atoms with E-state index in [0.29, 0.717) is 6.42 Å². The Hall–Kier alpha value is -0.770. The molecule has 4 atom stereocenters. The van der Waals surface area contributed by atoms with Crippen LogP contribution in [0.2, 0.25) is 0 Å². The molecule has 0 saturated carbocycles. The molecule has 0 aromatic carbocycles. The SMILES string of the molecule is CCCCCCCCCCCCCCCC(=O)O[C@@H](C1OCCO1)[C@@H](O)[C@@H](O)[C@H](O)CO. The van der Waals surface area contributed by atoms with Crippen LogP contribution in [0.1, 0.15) is 96.8 Å². The standard InChI is InChI=1S/C24H46O8/c1-2-3-4-5-6-7-8-9-10-11-12-13-14-15-20(27)32-23(24-30-16-17-31-24)22(29)21(28)19(26)18-25/h19,21-26,28-29H,2-18H2,1H3/t19-,21+,22+,23-/m1/s1. The molecule has 0 unspecified atom stereocenters. The number of ether oxygens (including phenoxy) is 3. The fourth-order valence-corrected chi connectivity index (χ4v) is 3.88. The summed E-state index contributed by atoms with van der Waals surface area (Å²) in [5.74, 6) is -0.512. The van der Waals surface area contributed by atoms with Crippen molar-refractivity contribution in [2.24, 2.45) is 0 Å². The number of aliphatic hydroxyl groups is 4. The quantitative estimate of drug-likeness (QED) is 0.161. The zero-order chi connectivity index (χ0) is 23.6. The van der Waals surface area contributed by atoms with Crippen LogP contribution in [-0.4, -0.2) is 76.9 Å². The topological polar surface area (TPSA) is 126 Å². The molecule has 0 aliphatic carbocycles. The highest BCUT2D eigenvalue weighted by molar-refractivity contribution is 5.69. The van der Waals surface area contributed by atoms with Crippen LogP contribution in [0.4, 0.5) is 0 Å². The van der Waals surface area contributed by atoms with E-state index in [-0.39, 0.29) is 19.6 Å². The Morgan fingerprint density at radius 3 is 1.75 bits per heavy atom. The van der Waals surface area contributed by atoms with Crippen molar-refractivity contribution in [3.8, 4) is 0 Å². The lowest BCUT2D eigenvalue weighted by atomic mass is 10.0. The van der Waals surface area contributed by atoms with E-state index in [1.807, 2.05) is 0 Å². The first-order valence-electron chi connectivity index (χ1n) is 12.6. The van der Waals surface area contributed by atoms with Gasteiger partial charge in [0.25, 0.3) is 0 Å². The third-order valence-electron chi connectivity index (χ3n) is 5.94. The van der Waals surface area contributed by atoms with Crippen LogP contribution < -0.4 is 0 Å². The maximum Gasteiger partial charge on any atom is 0.306 e. The Kier molecular flexibility index (Phi) is 17.0. The Labute approximate surface area is 193 Å². The Morgan fingerprint density at radius 1 is 0.812 bits per heavy atom. The summed E-state index contributed by atoms with van der Waals surface area (Å²) in [7, 11) is 0. The number of hydrogen-bond acceptors (Lipinski definition) is 8. The third-order valence-corrected chi connectivity index (χ3v) is 5.94. The molecule has 1 aliphatic rings. The number of aliphatic hydroxyl groups excluding tert-OH is 4. The lowest BCUT2D eigenvalue weighted by molar-refractivity contribution is -0.210. The van der Waals surface area contributed by atoms with Crippen LogP contribution in [0, 0.1) is 0 Å². The van der Waals surface area contributed by atoms with Crippen LogP contribution in [0.5, 0.6) is 0 Å². The second kappa shape index (κ2) is 18.6. The highest BCUT2D eigenvalue weighted by atomic mass is 16.7. The molecule has 0 bridgehead atoms. The van der Waals surface area contributed by atoms with Crippen LogP contribution in [0.25, 0.3) is 0 Å². The van der Waals surface area contributed by atoms with Crippen molar-refractivity contribution < 1.29 is 39.4 Å². The van der Waals surface area contributed by atoms with Gasteiger partial charge in [-0.1, -0.05) is 84.0 Å². The molecule has 1 fully saturated rings. The van der Waals surface area contributed by atoms with Gasteiger partial charge < -0.3 is 34.6 Å². The minimum atomic E-state index is -1.69. The largest absolute Gasteiger partial charge is 0.454 e. The predicted molar refractivity (Wildman–Crippen MR) is 121 cm³/mol. The van der Waals surface area contributed by atoms with Gasteiger partial charge in [-0.2, -0.15) is 0 Å². The van der Waals surface area contributed by atoms with Crippen LogP contribution in [0.3, 0.4) is 0 Å².